The van der Waals surface area contributed by atoms with E-state index in [1.807, 2.05) is 6.92 Å². The largest absolute Gasteiger partial charge is 0.444 e. The minimum Gasteiger partial charge on any atom is -0.444 e. The highest BCUT2D eigenvalue weighted by atomic mass is 16.7. The van der Waals surface area contributed by atoms with Crippen molar-refractivity contribution in [3.63, 3.8) is 0 Å². The molecule has 1 N–H and O–H groups in total. The molecule has 8 nitrogen and oxygen atoms in total. The van der Waals surface area contributed by atoms with Crippen molar-refractivity contribution in [1.29, 1.82) is 0 Å². The Labute approximate surface area is 163 Å². The summed E-state index contributed by atoms with van der Waals surface area (Å²) in [6, 6.07) is 6.24. The van der Waals surface area contributed by atoms with Gasteiger partial charge in [0.1, 0.15) is 11.1 Å². The summed E-state index contributed by atoms with van der Waals surface area (Å²) in [5, 5.41) is 3.11. The smallest absolute Gasteiger partial charge is 0.408 e. The minimum atomic E-state index is -1.36. The Morgan fingerprint density at radius 2 is 1.71 bits per heavy atom. The number of hydroxylamine groups is 2. The van der Waals surface area contributed by atoms with E-state index < -0.39 is 35.0 Å². The van der Waals surface area contributed by atoms with Crippen LogP contribution in [0.15, 0.2) is 24.3 Å². The second-order valence-corrected chi connectivity index (χ2v) is 8.22. The van der Waals surface area contributed by atoms with E-state index in [0.29, 0.717) is 24.3 Å². The van der Waals surface area contributed by atoms with Crippen LogP contribution in [0.5, 0.6) is 0 Å². The molecule has 8 heteroatoms. The number of alkyl carbamates (subject to hydrolysis) is 1. The number of carbonyl (C=O) groups is 4. The molecule has 2 unspecified atom stereocenters. The molecule has 1 heterocycles. The zero-order valence-electron chi connectivity index (χ0n) is 16.4. The Bertz CT molecular complexity index is 808. The van der Waals surface area contributed by atoms with E-state index >= 15 is 0 Å². The lowest BCUT2D eigenvalue weighted by atomic mass is 9.88. The molecule has 1 saturated carbocycles. The van der Waals surface area contributed by atoms with Crippen LogP contribution >= 0.6 is 0 Å². The number of imide groups is 1. The molecule has 0 spiro atoms. The van der Waals surface area contributed by atoms with Gasteiger partial charge in [0.25, 0.3) is 11.8 Å². The second-order valence-electron chi connectivity index (χ2n) is 8.22. The lowest BCUT2D eigenvalue weighted by Gasteiger charge is -2.33. The Balaban J connectivity index is 1.81. The number of hydrogen-bond donors (Lipinski definition) is 1. The minimum absolute atomic E-state index is 0.175. The number of amides is 3. The fraction of sp³-hybridized carbons (Fsp3) is 0.500. The van der Waals surface area contributed by atoms with E-state index in [4.69, 9.17) is 9.57 Å². The third-order valence-corrected chi connectivity index (χ3v) is 5.07. The van der Waals surface area contributed by atoms with Gasteiger partial charge >= 0.3 is 12.1 Å². The molecular formula is C20H24N2O6. The molecule has 0 radical (unpaired) electrons. The molecule has 1 aromatic carbocycles. The molecule has 2 atom stereocenters. The Morgan fingerprint density at radius 3 is 2.18 bits per heavy atom. The summed E-state index contributed by atoms with van der Waals surface area (Å²) in [7, 11) is 0. The average Bonchev–Trinajstić information content (AvgIpc) is 3.08. The molecule has 1 aliphatic carbocycles. The van der Waals surface area contributed by atoms with Crippen LogP contribution in [-0.2, 0) is 14.4 Å². The highest BCUT2D eigenvalue weighted by Gasteiger charge is 2.52. The first-order valence-corrected chi connectivity index (χ1v) is 9.26. The first kappa shape index (κ1) is 19.9. The van der Waals surface area contributed by atoms with Gasteiger partial charge in [-0.3, -0.25) is 9.59 Å². The first-order valence-electron chi connectivity index (χ1n) is 9.26. The fourth-order valence-corrected chi connectivity index (χ4v) is 3.62. The number of nitrogens with zero attached hydrogens (tertiary/aromatic N) is 1. The molecule has 150 valence electrons. The Kier molecular flexibility index (Phi) is 4.91. The number of fused-ring (bicyclic) bond motifs is 1. The molecule has 28 heavy (non-hydrogen) atoms. The Hall–Kier alpha value is -2.90. The summed E-state index contributed by atoms with van der Waals surface area (Å²) >= 11 is 0. The SMILES string of the molecule is CC1CCCC1(NC(=O)OC(C)(C)C)C(=O)ON1C(=O)c2ccccc2C1=O. The van der Waals surface area contributed by atoms with E-state index in [1.54, 1.807) is 32.9 Å². The maximum absolute atomic E-state index is 13.0. The second kappa shape index (κ2) is 6.92. The van der Waals surface area contributed by atoms with Crippen LogP contribution in [0, 0.1) is 5.92 Å². The topological polar surface area (TPSA) is 102 Å². The van der Waals surface area contributed by atoms with E-state index in [-0.39, 0.29) is 17.0 Å². The predicted octanol–water partition coefficient (Wildman–Crippen LogP) is 2.82. The van der Waals surface area contributed by atoms with Crippen molar-refractivity contribution in [2.45, 2.75) is 58.1 Å². The predicted molar refractivity (Wildman–Crippen MR) is 98.1 cm³/mol. The van der Waals surface area contributed by atoms with Crippen molar-refractivity contribution in [2.24, 2.45) is 5.92 Å². The van der Waals surface area contributed by atoms with Crippen molar-refractivity contribution < 1.29 is 28.8 Å². The van der Waals surface area contributed by atoms with Crippen LogP contribution in [0.4, 0.5) is 4.79 Å². The van der Waals surface area contributed by atoms with Crippen LogP contribution in [0.2, 0.25) is 0 Å². The van der Waals surface area contributed by atoms with Gasteiger partial charge in [-0.2, -0.15) is 0 Å². The molecular weight excluding hydrogens is 364 g/mol. The number of carbonyl (C=O) groups excluding carboxylic acids is 4. The van der Waals surface area contributed by atoms with Gasteiger partial charge in [0.05, 0.1) is 11.1 Å². The maximum atomic E-state index is 13.0. The highest BCUT2D eigenvalue weighted by Crippen LogP contribution is 2.37. The van der Waals surface area contributed by atoms with Crippen molar-refractivity contribution >= 4 is 23.9 Å². The van der Waals surface area contributed by atoms with Crippen LogP contribution in [-0.4, -0.2) is 40.1 Å². The number of benzene rings is 1. The van der Waals surface area contributed by atoms with Gasteiger partial charge in [-0.15, -0.1) is 0 Å². The molecule has 1 aliphatic heterocycles. The van der Waals surface area contributed by atoms with Gasteiger partial charge in [0, 0.05) is 0 Å². The van der Waals surface area contributed by atoms with E-state index in [1.165, 1.54) is 12.1 Å². The van der Waals surface area contributed by atoms with Gasteiger partial charge in [0.15, 0.2) is 0 Å². The quantitative estimate of drug-likeness (QED) is 0.799. The van der Waals surface area contributed by atoms with Crippen LogP contribution in [0.1, 0.15) is 67.7 Å². The van der Waals surface area contributed by atoms with Gasteiger partial charge in [-0.05, 0) is 51.7 Å². The highest BCUT2D eigenvalue weighted by molar-refractivity contribution is 6.21. The third kappa shape index (κ3) is 3.46. The van der Waals surface area contributed by atoms with Gasteiger partial charge in [-0.25, -0.2) is 9.59 Å². The first-order chi connectivity index (χ1) is 13.0. The molecule has 3 rings (SSSR count). The van der Waals surface area contributed by atoms with Crippen LogP contribution in [0.3, 0.4) is 0 Å². The van der Waals surface area contributed by atoms with E-state index in [9.17, 15) is 19.2 Å². The van der Waals surface area contributed by atoms with Crippen LogP contribution in [0.25, 0.3) is 0 Å². The van der Waals surface area contributed by atoms with Crippen LogP contribution < -0.4 is 5.32 Å². The van der Waals surface area contributed by atoms with Gasteiger partial charge in [-0.1, -0.05) is 30.5 Å². The van der Waals surface area contributed by atoms with Crippen molar-refractivity contribution in [3.05, 3.63) is 35.4 Å². The van der Waals surface area contributed by atoms with Gasteiger partial charge < -0.3 is 14.9 Å². The zero-order chi connectivity index (χ0) is 20.7. The van der Waals surface area contributed by atoms with Crippen molar-refractivity contribution in [3.8, 4) is 0 Å². The third-order valence-electron chi connectivity index (χ3n) is 5.07. The lowest BCUT2D eigenvalue weighted by Crippen LogP contribution is -2.59. The van der Waals surface area contributed by atoms with Crippen molar-refractivity contribution in [1.82, 2.24) is 10.4 Å². The summed E-state index contributed by atoms with van der Waals surface area (Å²) in [4.78, 5) is 55.5. The zero-order valence-corrected chi connectivity index (χ0v) is 16.4. The van der Waals surface area contributed by atoms with Gasteiger partial charge in [0.2, 0.25) is 0 Å². The maximum Gasteiger partial charge on any atom is 0.408 e. The van der Waals surface area contributed by atoms with E-state index in [0.717, 1.165) is 0 Å². The Morgan fingerprint density at radius 1 is 1.14 bits per heavy atom. The number of hydrogen-bond acceptors (Lipinski definition) is 6. The molecule has 0 bridgehead atoms. The molecule has 1 aromatic rings. The van der Waals surface area contributed by atoms with E-state index in [2.05, 4.69) is 5.32 Å². The average molecular weight is 388 g/mol. The summed E-state index contributed by atoms with van der Waals surface area (Å²) in [6.45, 7) is 6.96. The molecule has 0 saturated heterocycles. The number of rotatable bonds is 3. The molecule has 3 amide bonds. The standard InChI is InChI=1S/C20H24N2O6/c1-12-8-7-11-20(12,21-18(26)27-19(2,3)4)17(25)28-22-15(23)13-9-5-6-10-14(13)16(22)24/h5-6,9-10,12H,7-8,11H2,1-4H3,(H,21,26). The molecule has 0 aromatic heterocycles. The summed E-state index contributed by atoms with van der Waals surface area (Å²) < 4.78 is 5.28. The monoisotopic (exact) mass is 388 g/mol. The molecule has 2 aliphatic rings. The lowest BCUT2D eigenvalue weighted by molar-refractivity contribution is -0.178. The fourth-order valence-electron chi connectivity index (χ4n) is 3.62. The number of nitrogens with one attached hydrogen (secondary N) is 1. The number of ether oxygens (including phenoxy) is 1. The summed E-state index contributed by atoms with van der Waals surface area (Å²) in [6.07, 6.45) is 0.955. The molecule has 1 fully saturated rings. The van der Waals surface area contributed by atoms with Crippen molar-refractivity contribution in [2.75, 3.05) is 0 Å². The summed E-state index contributed by atoms with van der Waals surface area (Å²) in [5.41, 5.74) is -1.75. The normalized spacial score (nSPS) is 24.1. The summed E-state index contributed by atoms with van der Waals surface area (Å²) in [5.74, 6) is -2.50.